The average molecular weight is 280 g/mol. The van der Waals surface area contributed by atoms with E-state index < -0.39 is 6.10 Å². The highest BCUT2D eigenvalue weighted by atomic mass is 16.5. The number of hydrogen-bond acceptors (Lipinski definition) is 4. The van der Waals surface area contributed by atoms with Gasteiger partial charge in [-0.05, 0) is 24.1 Å². The van der Waals surface area contributed by atoms with E-state index >= 15 is 0 Å². The molecule has 5 heteroatoms. The molecule has 20 heavy (non-hydrogen) atoms. The summed E-state index contributed by atoms with van der Waals surface area (Å²) < 4.78 is 5.54. The molecule has 0 heterocycles. The maximum absolute atomic E-state index is 11.0. The van der Waals surface area contributed by atoms with Crippen LogP contribution in [-0.4, -0.2) is 43.9 Å². The summed E-state index contributed by atoms with van der Waals surface area (Å²) in [4.78, 5) is 11.0. The Kier molecular flexibility index (Phi) is 7.69. The Morgan fingerprint density at radius 2 is 2.25 bits per heavy atom. The number of nitrogens with one attached hydrogen (secondary N) is 2. The first-order chi connectivity index (χ1) is 9.65. The molecular formula is C15H24N2O3. The van der Waals surface area contributed by atoms with E-state index in [1.807, 2.05) is 24.3 Å². The highest BCUT2D eigenvalue weighted by Crippen LogP contribution is 2.13. The molecule has 0 aliphatic heterocycles. The number of aliphatic hydroxyl groups is 1. The van der Waals surface area contributed by atoms with Gasteiger partial charge in [0.15, 0.2) is 0 Å². The number of hydrogen-bond donors (Lipinski definition) is 3. The van der Waals surface area contributed by atoms with Gasteiger partial charge in [-0.2, -0.15) is 0 Å². The molecule has 1 unspecified atom stereocenters. The molecule has 0 aliphatic rings. The molecule has 0 bridgehead atoms. The quantitative estimate of drug-likeness (QED) is 0.583. The van der Waals surface area contributed by atoms with Crippen molar-refractivity contribution in [2.45, 2.75) is 25.9 Å². The van der Waals surface area contributed by atoms with Gasteiger partial charge in [-0.1, -0.05) is 19.1 Å². The molecule has 1 amide bonds. The third-order valence-corrected chi connectivity index (χ3v) is 2.94. The summed E-state index contributed by atoms with van der Waals surface area (Å²) in [5.41, 5.74) is 1.21. The van der Waals surface area contributed by atoms with Gasteiger partial charge >= 0.3 is 0 Å². The fraction of sp³-hybridized carbons (Fsp3) is 0.533. The van der Waals surface area contributed by atoms with E-state index in [1.54, 1.807) is 7.05 Å². The average Bonchev–Trinajstić information content (AvgIpc) is 2.49. The number of rotatable bonds is 9. The van der Waals surface area contributed by atoms with Gasteiger partial charge in [0.05, 0.1) is 0 Å². The third-order valence-electron chi connectivity index (χ3n) is 2.94. The number of carbonyl (C=O) groups excluding carboxylic acids is 1. The van der Waals surface area contributed by atoms with Crippen LogP contribution in [0.2, 0.25) is 0 Å². The Labute approximate surface area is 120 Å². The lowest BCUT2D eigenvalue weighted by molar-refractivity contribution is -0.120. The predicted molar refractivity (Wildman–Crippen MR) is 78.9 cm³/mol. The van der Waals surface area contributed by atoms with Crippen molar-refractivity contribution in [3.05, 3.63) is 29.8 Å². The van der Waals surface area contributed by atoms with Gasteiger partial charge in [-0.3, -0.25) is 4.79 Å². The van der Waals surface area contributed by atoms with E-state index in [1.165, 1.54) is 5.56 Å². The van der Waals surface area contributed by atoms with Crippen LogP contribution in [0.5, 0.6) is 5.75 Å². The highest BCUT2D eigenvalue weighted by Gasteiger charge is 2.06. The predicted octanol–water partition coefficient (Wildman–Crippen LogP) is 0.714. The van der Waals surface area contributed by atoms with Crippen LogP contribution in [0.4, 0.5) is 0 Å². The molecular weight excluding hydrogens is 256 g/mol. The van der Waals surface area contributed by atoms with Crippen LogP contribution in [0, 0.1) is 0 Å². The number of aliphatic hydroxyl groups excluding tert-OH is 1. The second-order valence-corrected chi connectivity index (χ2v) is 4.59. The maximum Gasteiger partial charge on any atom is 0.221 e. The zero-order valence-corrected chi connectivity index (χ0v) is 12.2. The molecule has 0 fully saturated rings. The Bertz CT molecular complexity index is 410. The monoisotopic (exact) mass is 280 g/mol. The number of amides is 1. The summed E-state index contributed by atoms with van der Waals surface area (Å²) in [6.45, 7) is 3.27. The minimum atomic E-state index is -0.593. The van der Waals surface area contributed by atoms with Gasteiger partial charge in [0.1, 0.15) is 18.5 Å². The van der Waals surface area contributed by atoms with E-state index in [0.29, 0.717) is 19.5 Å². The number of benzene rings is 1. The van der Waals surface area contributed by atoms with Gasteiger partial charge in [0.25, 0.3) is 0 Å². The van der Waals surface area contributed by atoms with Gasteiger partial charge in [-0.25, -0.2) is 0 Å². The lowest BCUT2D eigenvalue weighted by atomic mass is 10.2. The van der Waals surface area contributed by atoms with E-state index in [4.69, 9.17) is 4.74 Å². The molecule has 0 radical (unpaired) electrons. The fourth-order valence-electron chi connectivity index (χ4n) is 1.70. The molecule has 112 valence electrons. The standard InChI is InChI=1S/C15H24N2O3/c1-3-12-5-4-6-14(9-12)20-11-13(18)10-17-8-7-15(19)16-2/h4-6,9,13,17-18H,3,7-8,10-11H2,1-2H3,(H,16,19). The molecule has 0 aliphatic carbocycles. The van der Waals surface area contributed by atoms with E-state index in [-0.39, 0.29) is 12.5 Å². The van der Waals surface area contributed by atoms with Crippen molar-refractivity contribution in [1.82, 2.24) is 10.6 Å². The van der Waals surface area contributed by atoms with Gasteiger partial charge < -0.3 is 20.5 Å². The molecule has 0 saturated carbocycles. The topological polar surface area (TPSA) is 70.6 Å². The summed E-state index contributed by atoms with van der Waals surface area (Å²) in [6.07, 6.45) is 0.772. The summed E-state index contributed by atoms with van der Waals surface area (Å²) in [6, 6.07) is 7.85. The number of carbonyl (C=O) groups is 1. The van der Waals surface area contributed by atoms with Crippen molar-refractivity contribution >= 4 is 5.91 Å². The van der Waals surface area contributed by atoms with Crippen LogP contribution >= 0.6 is 0 Å². The second kappa shape index (κ2) is 9.34. The molecule has 0 spiro atoms. The van der Waals surface area contributed by atoms with Crippen molar-refractivity contribution in [3.8, 4) is 5.75 Å². The van der Waals surface area contributed by atoms with Crippen molar-refractivity contribution in [1.29, 1.82) is 0 Å². The smallest absolute Gasteiger partial charge is 0.221 e. The normalized spacial score (nSPS) is 11.9. The molecule has 1 aromatic rings. The van der Waals surface area contributed by atoms with E-state index in [0.717, 1.165) is 12.2 Å². The minimum absolute atomic E-state index is 0.0142. The zero-order valence-electron chi connectivity index (χ0n) is 12.2. The lowest BCUT2D eigenvalue weighted by Crippen LogP contribution is -2.33. The number of aryl methyl sites for hydroxylation is 1. The molecule has 5 nitrogen and oxygen atoms in total. The molecule has 0 saturated heterocycles. The third kappa shape index (κ3) is 6.54. The van der Waals surface area contributed by atoms with Crippen LogP contribution in [0.3, 0.4) is 0 Å². The molecule has 1 aromatic carbocycles. The van der Waals surface area contributed by atoms with Gasteiger partial charge in [0.2, 0.25) is 5.91 Å². The van der Waals surface area contributed by atoms with E-state index in [2.05, 4.69) is 17.6 Å². The zero-order chi connectivity index (χ0) is 14.8. The van der Waals surface area contributed by atoms with Gasteiger partial charge in [-0.15, -0.1) is 0 Å². The van der Waals surface area contributed by atoms with Crippen molar-refractivity contribution < 1.29 is 14.6 Å². The second-order valence-electron chi connectivity index (χ2n) is 4.59. The molecule has 1 atom stereocenters. The first kappa shape index (κ1) is 16.5. The van der Waals surface area contributed by atoms with Crippen LogP contribution in [0.15, 0.2) is 24.3 Å². The van der Waals surface area contributed by atoms with Crippen molar-refractivity contribution in [3.63, 3.8) is 0 Å². The van der Waals surface area contributed by atoms with Crippen LogP contribution in [0.1, 0.15) is 18.9 Å². The first-order valence-corrected chi connectivity index (χ1v) is 6.96. The summed E-state index contributed by atoms with van der Waals surface area (Å²) in [5, 5.41) is 15.3. The largest absolute Gasteiger partial charge is 0.491 e. The Morgan fingerprint density at radius 1 is 1.45 bits per heavy atom. The molecule has 3 N–H and O–H groups in total. The molecule has 1 rings (SSSR count). The highest BCUT2D eigenvalue weighted by molar-refractivity contribution is 5.75. The van der Waals surface area contributed by atoms with Crippen LogP contribution in [0.25, 0.3) is 0 Å². The maximum atomic E-state index is 11.0. The van der Waals surface area contributed by atoms with E-state index in [9.17, 15) is 9.90 Å². The van der Waals surface area contributed by atoms with Crippen LogP contribution < -0.4 is 15.4 Å². The summed E-state index contributed by atoms with van der Waals surface area (Å²) in [5.74, 6) is 0.758. The summed E-state index contributed by atoms with van der Waals surface area (Å²) >= 11 is 0. The fourth-order valence-corrected chi connectivity index (χ4v) is 1.70. The van der Waals surface area contributed by atoms with Crippen LogP contribution in [-0.2, 0) is 11.2 Å². The van der Waals surface area contributed by atoms with Crippen molar-refractivity contribution in [2.75, 3.05) is 26.7 Å². The Hall–Kier alpha value is -1.59. The SMILES string of the molecule is CCc1cccc(OCC(O)CNCCC(=O)NC)c1. The Morgan fingerprint density at radius 3 is 2.95 bits per heavy atom. The molecule has 0 aromatic heterocycles. The van der Waals surface area contributed by atoms with Gasteiger partial charge in [0, 0.05) is 26.6 Å². The minimum Gasteiger partial charge on any atom is -0.491 e. The number of ether oxygens (including phenoxy) is 1. The first-order valence-electron chi connectivity index (χ1n) is 6.96. The van der Waals surface area contributed by atoms with Crippen molar-refractivity contribution in [2.24, 2.45) is 0 Å². The Balaban J connectivity index is 2.19. The lowest BCUT2D eigenvalue weighted by Gasteiger charge is -2.13. The summed E-state index contributed by atoms with van der Waals surface area (Å²) in [7, 11) is 1.61.